The maximum absolute atomic E-state index is 12.8. The Balaban J connectivity index is 1.63. The standard InChI is InChI=1S/C18H20BrN3O2/c19-14-7-3-2-6-13(14)16(23)21-18(10-4-1-5-11-18)17-20-15(22-24-17)12-8-9-12/h2-3,6-7,12H,1,4-5,8-11H2,(H,21,23). The third kappa shape index (κ3) is 2.99. The minimum atomic E-state index is -0.537. The highest BCUT2D eigenvalue weighted by atomic mass is 79.9. The predicted octanol–water partition coefficient (Wildman–Crippen LogP) is 4.30. The number of carbonyl (C=O) groups is 1. The van der Waals surface area contributed by atoms with Crippen molar-refractivity contribution in [2.24, 2.45) is 0 Å². The van der Waals surface area contributed by atoms with Crippen molar-refractivity contribution in [2.45, 2.75) is 56.4 Å². The lowest BCUT2D eigenvalue weighted by molar-refractivity contribution is 0.0824. The maximum atomic E-state index is 12.8. The Labute approximate surface area is 149 Å². The second kappa shape index (κ2) is 6.31. The summed E-state index contributed by atoms with van der Waals surface area (Å²) in [6, 6.07) is 7.46. The molecule has 0 spiro atoms. The monoisotopic (exact) mass is 389 g/mol. The first kappa shape index (κ1) is 15.8. The molecule has 126 valence electrons. The third-order valence-corrected chi connectivity index (χ3v) is 5.66. The molecule has 0 unspecified atom stereocenters. The van der Waals surface area contributed by atoms with Gasteiger partial charge in [-0.25, -0.2) is 0 Å². The van der Waals surface area contributed by atoms with E-state index >= 15 is 0 Å². The van der Waals surface area contributed by atoms with Gasteiger partial charge in [-0.3, -0.25) is 4.79 Å². The molecule has 0 radical (unpaired) electrons. The number of rotatable bonds is 4. The van der Waals surface area contributed by atoms with Gasteiger partial charge in [0.2, 0.25) is 0 Å². The minimum Gasteiger partial charge on any atom is -0.338 e. The molecule has 1 heterocycles. The fourth-order valence-electron chi connectivity index (χ4n) is 3.41. The van der Waals surface area contributed by atoms with Crippen LogP contribution in [-0.4, -0.2) is 16.0 Å². The smallest absolute Gasteiger partial charge is 0.253 e. The summed E-state index contributed by atoms with van der Waals surface area (Å²) in [6.45, 7) is 0. The van der Waals surface area contributed by atoms with E-state index < -0.39 is 5.54 Å². The third-order valence-electron chi connectivity index (χ3n) is 4.97. The van der Waals surface area contributed by atoms with Gasteiger partial charge in [-0.2, -0.15) is 4.98 Å². The summed E-state index contributed by atoms with van der Waals surface area (Å²) in [7, 11) is 0. The van der Waals surface area contributed by atoms with E-state index in [0.717, 1.165) is 48.8 Å². The van der Waals surface area contributed by atoms with Crippen LogP contribution < -0.4 is 5.32 Å². The van der Waals surface area contributed by atoms with Crippen molar-refractivity contribution in [3.63, 3.8) is 0 Å². The van der Waals surface area contributed by atoms with E-state index in [0.29, 0.717) is 17.4 Å². The fourth-order valence-corrected chi connectivity index (χ4v) is 3.88. The van der Waals surface area contributed by atoms with Gasteiger partial charge in [-0.15, -0.1) is 0 Å². The minimum absolute atomic E-state index is 0.101. The highest BCUT2D eigenvalue weighted by Crippen LogP contribution is 2.41. The molecule has 2 aliphatic carbocycles. The molecule has 0 aliphatic heterocycles. The molecule has 2 fully saturated rings. The van der Waals surface area contributed by atoms with Crippen LogP contribution in [-0.2, 0) is 5.54 Å². The summed E-state index contributed by atoms with van der Waals surface area (Å²) in [5.74, 6) is 1.72. The molecule has 1 aromatic heterocycles. The van der Waals surface area contributed by atoms with Crippen LogP contribution in [0.4, 0.5) is 0 Å². The van der Waals surface area contributed by atoms with Gasteiger partial charge < -0.3 is 9.84 Å². The number of benzene rings is 1. The van der Waals surface area contributed by atoms with E-state index in [-0.39, 0.29) is 5.91 Å². The quantitative estimate of drug-likeness (QED) is 0.845. The number of aromatic nitrogens is 2. The number of nitrogens with zero attached hydrogens (tertiary/aromatic N) is 2. The fraction of sp³-hybridized carbons (Fsp3) is 0.500. The number of hydrogen-bond acceptors (Lipinski definition) is 4. The van der Waals surface area contributed by atoms with E-state index in [9.17, 15) is 4.79 Å². The van der Waals surface area contributed by atoms with E-state index in [1.807, 2.05) is 24.3 Å². The first-order valence-corrected chi connectivity index (χ1v) is 9.38. The number of nitrogens with one attached hydrogen (secondary N) is 1. The highest BCUT2D eigenvalue weighted by molar-refractivity contribution is 9.10. The summed E-state index contributed by atoms with van der Waals surface area (Å²) in [4.78, 5) is 17.5. The first-order valence-electron chi connectivity index (χ1n) is 8.59. The maximum Gasteiger partial charge on any atom is 0.253 e. The zero-order valence-corrected chi connectivity index (χ0v) is 15.0. The van der Waals surface area contributed by atoms with Crippen LogP contribution in [0.3, 0.4) is 0 Å². The van der Waals surface area contributed by atoms with E-state index in [1.54, 1.807) is 0 Å². The Hall–Kier alpha value is -1.69. The van der Waals surface area contributed by atoms with Crippen LogP contribution in [0, 0.1) is 0 Å². The zero-order chi connectivity index (χ0) is 16.6. The SMILES string of the molecule is O=C(NC1(c2nc(C3CC3)no2)CCCCC1)c1ccccc1Br. The van der Waals surface area contributed by atoms with Gasteiger partial charge in [0, 0.05) is 10.4 Å². The molecule has 4 rings (SSSR count). The van der Waals surface area contributed by atoms with Crippen molar-refractivity contribution in [2.75, 3.05) is 0 Å². The number of halogens is 1. The molecule has 1 N–H and O–H groups in total. The van der Waals surface area contributed by atoms with Gasteiger partial charge in [0.15, 0.2) is 5.82 Å². The lowest BCUT2D eigenvalue weighted by Crippen LogP contribution is -2.47. The van der Waals surface area contributed by atoms with Crippen LogP contribution in [0.5, 0.6) is 0 Å². The van der Waals surface area contributed by atoms with Crippen molar-refractivity contribution in [1.29, 1.82) is 0 Å². The molecular weight excluding hydrogens is 370 g/mol. The second-order valence-electron chi connectivity index (χ2n) is 6.81. The molecule has 2 saturated carbocycles. The Kier molecular flexibility index (Phi) is 4.16. The van der Waals surface area contributed by atoms with E-state index in [2.05, 4.69) is 31.4 Å². The molecule has 2 aliphatic rings. The molecule has 0 saturated heterocycles. The van der Waals surface area contributed by atoms with Crippen LogP contribution >= 0.6 is 15.9 Å². The summed E-state index contributed by atoms with van der Waals surface area (Å²) in [6.07, 6.45) is 7.24. The molecule has 0 atom stereocenters. The van der Waals surface area contributed by atoms with E-state index in [4.69, 9.17) is 4.52 Å². The molecular formula is C18H20BrN3O2. The van der Waals surface area contributed by atoms with Crippen LogP contribution in [0.25, 0.3) is 0 Å². The average molecular weight is 390 g/mol. The lowest BCUT2D eigenvalue weighted by Gasteiger charge is -2.34. The van der Waals surface area contributed by atoms with Gasteiger partial charge in [0.25, 0.3) is 11.8 Å². The van der Waals surface area contributed by atoms with Crippen molar-refractivity contribution < 1.29 is 9.32 Å². The average Bonchev–Trinajstić information content (AvgIpc) is 3.32. The topological polar surface area (TPSA) is 68.0 Å². The molecule has 2 aromatic rings. The van der Waals surface area contributed by atoms with Crippen molar-refractivity contribution in [1.82, 2.24) is 15.5 Å². The first-order chi connectivity index (χ1) is 11.7. The molecule has 1 amide bonds. The molecule has 1 aromatic carbocycles. The summed E-state index contributed by atoms with van der Waals surface area (Å²) in [5, 5.41) is 7.36. The van der Waals surface area contributed by atoms with E-state index in [1.165, 1.54) is 6.42 Å². The summed E-state index contributed by atoms with van der Waals surface area (Å²) >= 11 is 3.45. The van der Waals surface area contributed by atoms with Crippen LogP contribution in [0.2, 0.25) is 0 Å². The lowest BCUT2D eigenvalue weighted by atomic mass is 9.81. The predicted molar refractivity (Wildman–Crippen MR) is 92.6 cm³/mol. The van der Waals surface area contributed by atoms with Crippen LogP contribution in [0.15, 0.2) is 33.3 Å². The second-order valence-corrected chi connectivity index (χ2v) is 7.66. The van der Waals surface area contributed by atoms with Gasteiger partial charge >= 0.3 is 0 Å². The Morgan fingerprint density at radius 2 is 1.96 bits per heavy atom. The van der Waals surface area contributed by atoms with Crippen molar-refractivity contribution in [3.05, 3.63) is 46.0 Å². The number of carbonyl (C=O) groups excluding carboxylic acids is 1. The Morgan fingerprint density at radius 3 is 2.67 bits per heavy atom. The zero-order valence-electron chi connectivity index (χ0n) is 13.4. The summed E-state index contributed by atoms with van der Waals surface area (Å²) < 4.78 is 6.38. The number of amides is 1. The van der Waals surface area contributed by atoms with Crippen LogP contribution in [0.1, 0.15) is 72.9 Å². The van der Waals surface area contributed by atoms with Gasteiger partial charge in [0.05, 0.1) is 5.56 Å². The van der Waals surface area contributed by atoms with Gasteiger partial charge in [-0.1, -0.05) is 36.6 Å². The van der Waals surface area contributed by atoms with Gasteiger partial charge in [0.1, 0.15) is 5.54 Å². The van der Waals surface area contributed by atoms with Crippen molar-refractivity contribution >= 4 is 21.8 Å². The Bertz CT molecular complexity index is 748. The number of hydrogen-bond donors (Lipinski definition) is 1. The largest absolute Gasteiger partial charge is 0.338 e. The summed E-state index contributed by atoms with van der Waals surface area (Å²) in [5.41, 5.74) is 0.0921. The molecule has 24 heavy (non-hydrogen) atoms. The van der Waals surface area contributed by atoms with Crippen molar-refractivity contribution in [3.8, 4) is 0 Å². The van der Waals surface area contributed by atoms with Gasteiger partial charge in [-0.05, 0) is 53.7 Å². The normalized spacial score (nSPS) is 19.9. The highest BCUT2D eigenvalue weighted by Gasteiger charge is 2.42. The molecule has 5 nitrogen and oxygen atoms in total. The Morgan fingerprint density at radius 1 is 1.21 bits per heavy atom. The molecule has 6 heteroatoms. The molecule has 0 bridgehead atoms.